The molecular weight excluding hydrogens is 411 g/mol. The van der Waals surface area contributed by atoms with E-state index in [1.54, 1.807) is 61.2 Å². The minimum atomic E-state index is -1.12. The lowest BCUT2D eigenvalue weighted by Crippen LogP contribution is -2.58. The normalized spacial score (nSPS) is 16.4. The van der Waals surface area contributed by atoms with E-state index in [-0.39, 0.29) is 11.8 Å². The van der Waals surface area contributed by atoms with Crippen molar-refractivity contribution in [3.8, 4) is 0 Å². The van der Waals surface area contributed by atoms with E-state index in [0.29, 0.717) is 47.1 Å². The zero-order chi connectivity index (χ0) is 21.2. The van der Waals surface area contributed by atoms with Crippen molar-refractivity contribution in [2.45, 2.75) is 37.8 Å². The van der Waals surface area contributed by atoms with Gasteiger partial charge in [0, 0.05) is 34.3 Å². The van der Waals surface area contributed by atoms with Gasteiger partial charge in [0.2, 0.25) is 5.91 Å². The first-order valence-corrected chi connectivity index (χ1v) is 10.2. The molecule has 0 atom stereocenters. The highest BCUT2D eigenvalue weighted by atomic mass is 35.5. The van der Waals surface area contributed by atoms with Crippen LogP contribution in [-0.4, -0.2) is 40.4 Å². The Balaban J connectivity index is 1.66. The van der Waals surface area contributed by atoms with Crippen LogP contribution in [0, 0.1) is 0 Å². The van der Waals surface area contributed by atoms with E-state index in [1.807, 2.05) is 6.07 Å². The fourth-order valence-corrected chi connectivity index (χ4v) is 4.19. The lowest BCUT2D eigenvalue weighted by Gasteiger charge is -2.41. The summed E-state index contributed by atoms with van der Waals surface area (Å²) in [5.74, 6) is -0.489. The van der Waals surface area contributed by atoms with Gasteiger partial charge in [-0.1, -0.05) is 47.5 Å². The molecule has 0 spiro atoms. The first-order chi connectivity index (χ1) is 13.6. The highest BCUT2D eigenvalue weighted by molar-refractivity contribution is 6.35. The molecule has 29 heavy (non-hydrogen) atoms. The Morgan fingerprint density at radius 2 is 1.69 bits per heavy atom. The van der Waals surface area contributed by atoms with Gasteiger partial charge in [0.15, 0.2) is 0 Å². The smallest absolute Gasteiger partial charge is 0.252 e. The summed E-state index contributed by atoms with van der Waals surface area (Å²) in [5.41, 5.74) is -1.07. The molecule has 5 nitrogen and oxygen atoms in total. The molecule has 0 aromatic heterocycles. The van der Waals surface area contributed by atoms with Gasteiger partial charge in [-0.15, -0.1) is 0 Å². The standard InChI is InChI=1S/C22H24Cl2N2O3/c1-21(2,25-19(27)15-6-4-3-5-7-15)20(28)26-12-10-22(29,11-13-26)17-9-8-16(23)14-18(17)24/h3-9,14,29H,10-13H2,1-2H3,(H,25,27). The summed E-state index contributed by atoms with van der Waals surface area (Å²) in [6.45, 7) is 4.10. The highest BCUT2D eigenvalue weighted by Gasteiger charge is 2.40. The molecular formula is C22H24Cl2N2O3. The first-order valence-electron chi connectivity index (χ1n) is 9.47. The second-order valence-corrected chi connectivity index (χ2v) is 8.74. The maximum Gasteiger partial charge on any atom is 0.252 e. The Morgan fingerprint density at radius 1 is 1.07 bits per heavy atom. The molecule has 1 saturated heterocycles. The third-order valence-electron chi connectivity index (χ3n) is 5.31. The Labute approximate surface area is 180 Å². The number of hydrogen-bond donors (Lipinski definition) is 2. The number of aliphatic hydroxyl groups is 1. The Kier molecular flexibility index (Phi) is 6.22. The number of amides is 2. The maximum atomic E-state index is 13.0. The second-order valence-electron chi connectivity index (χ2n) is 7.89. The van der Waals surface area contributed by atoms with Crippen LogP contribution in [0.5, 0.6) is 0 Å². The third kappa shape index (κ3) is 4.74. The monoisotopic (exact) mass is 434 g/mol. The number of nitrogens with one attached hydrogen (secondary N) is 1. The maximum absolute atomic E-state index is 13.0. The zero-order valence-electron chi connectivity index (χ0n) is 16.4. The number of carbonyl (C=O) groups excluding carboxylic acids is 2. The summed E-state index contributed by atoms with van der Waals surface area (Å²) in [7, 11) is 0. The average molecular weight is 435 g/mol. The van der Waals surface area contributed by atoms with Crippen LogP contribution in [0.2, 0.25) is 10.0 Å². The molecule has 7 heteroatoms. The number of hydrogen-bond acceptors (Lipinski definition) is 3. The van der Waals surface area contributed by atoms with Crippen molar-refractivity contribution in [1.29, 1.82) is 0 Å². The van der Waals surface area contributed by atoms with Gasteiger partial charge in [0.05, 0.1) is 5.60 Å². The molecule has 2 amide bonds. The van der Waals surface area contributed by atoms with Crippen LogP contribution in [0.1, 0.15) is 42.6 Å². The molecule has 0 saturated carbocycles. The van der Waals surface area contributed by atoms with Gasteiger partial charge in [-0.3, -0.25) is 9.59 Å². The lowest BCUT2D eigenvalue weighted by atomic mass is 9.84. The van der Waals surface area contributed by atoms with Crippen LogP contribution in [0.3, 0.4) is 0 Å². The average Bonchev–Trinajstić information content (AvgIpc) is 2.68. The van der Waals surface area contributed by atoms with Gasteiger partial charge in [-0.25, -0.2) is 0 Å². The van der Waals surface area contributed by atoms with Crippen molar-refractivity contribution in [3.63, 3.8) is 0 Å². The van der Waals surface area contributed by atoms with Crippen LogP contribution < -0.4 is 5.32 Å². The molecule has 1 aliphatic rings. The molecule has 154 valence electrons. The highest BCUT2D eigenvalue weighted by Crippen LogP contribution is 2.38. The van der Waals surface area contributed by atoms with Crippen LogP contribution in [0.15, 0.2) is 48.5 Å². The Morgan fingerprint density at radius 3 is 2.28 bits per heavy atom. The molecule has 2 aromatic rings. The van der Waals surface area contributed by atoms with Crippen molar-refractivity contribution in [2.75, 3.05) is 13.1 Å². The largest absolute Gasteiger partial charge is 0.385 e. The number of benzene rings is 2. The molecule has 2 N–H and O–H groups in total. The van der Waals surface area contributed by atoms with E-state index in [9.17, 15) is 14.7 Å². The Hall–Kier alpha value is -2.08. The van der Waals surface area contributed by atoms with Crippen molar-refractivity contribution >= 4 is 35.0 Å². The predicted molar refractivity (Wildman–Crippen MR) is 114 cm³/mol. The molecule has 0 bridgehead atoms. The fraction of sp³-hybridized carbons (Fsp3) is 0.364. The van der Waals surface area contributed by atoms with Gasteiger partial charge in [-0.05, 0) is 51.0 Å². The number of carbonyl (C=O) groups is 2. The summed E-state index contributed by atoms with van der Waals surface area (Å²) < 4.78 is 0. The molecule has 0 radical (unpaired) electrons. The zero-order valence-corrected chi connectivity index (χ0v) is 17.9. The SMILES string of the molecule is CC(C)(NC(=O)c1ccccc1)C(=O)N1CCC(O)(c2ccc(Cl)cc2Cl)CC1. The summed E-state index contributed by atoms with van der Waals surface area (Å²) in [6, 6.07) is 13.8. The number of piperidine rings is 1. The van der Waals surface area contributed by atoms with Crippen LogP contribution in [-0.2, 0) is 10.4 Å². The number of nitrogens with zero attached hydrogens (tertiary/aromatic N) is 1. The molecule has 0 aliphatic carbocycles. The van der Waals surface area contributed by atoms with Gasteiger partial charge < -0.3 is 15.3 Å². The number of likely N-dealkylation sites (tertiary alicyclic amines) is 1. The molecule has 0 unspecified atom stereocenters. The summed E-state index contributed by atoms with van der Waals surface area (Å²) in [6.07, 6.45) is 0.700. The summed E-state index contributed by atoms with van der Waals surface area (Å²) in [5, 5.41) is 14.8. The molecule has 1 aliphatic heterocycles. The van der Waals surface area contributed by atoms with Gasteiger partial charge in [0.25, 0.3) is 5.91 Å². The lowest BCUT2D eigenvalue weighted by molar-refractivity contribution is -0.141. The quantitative estimate of drug-likeness (QED) is 0.763. The van der Waals surface area contributed by atoms with Crippen LogP contribution >= 0.6 is 23.2 Å². The number of rotatable bonds is 4. The Bertz CT molecular complexity index is 908. The van der Waals surface area contributed by atoms with E-state index < -0.39 is 11.1 Å². The number of halogens is 2. The van der Waals surface area contributed by atoms with Gasteiger partial charge in [-0.2, -0.15) is 0 Å². The minimum Gasteiger partial charge on any atom is -0.385 e. The molecule has 3 rings (SSSR count). The topological polar surface area (TPSA) is 69.6 Å². The van der Waals surface area contributed by atoms with Crippen LogP contribution in [0.25, 0.3) is 0 Å². The summed E-state index contributed by atoms with van der Waals surface area (Å²) in [4.78, 5) is 27.2. The van der Waals surface area contributed by atoms with Crippen molar-refractivity contribution in [2.24, 2.45) is 0 Å². The van der Waals surface area contributed by atoms with E-state index in [2.05, 4.69) is 5.32 Å². The van der Waals surface area contributed by atoms with Crippen molar-refractivity contribution in [3.05, 3.63) is 69.7 Å². The molecule has 1 fully saturated rings. The summed E-state index contributed by atoms with van der Waals surface area (Å²) >= 11 is 12.2. The predicted octanol–water partition coefficient (Wildman–Crippen LogP) is 4.01. The van der Waals surface area contributed by atoms with Crippen molar-refractivity contribution in [1.82, 2.24) is 10.2 Å². The second kappa shape index (κ2) is 8.34. The van der Waals surface area contributed by atoms with Crippen LogP contribution in [0.4, 0.5) is 0 Å². The molecule has 2 aromatic carbocycles. The molecule has 1 heterocycles. The first kappa shape index (κ1) is 21.6. The van der Waals surface area contributed by atoms with E-state index in [1.165, 1.54) is 0 Å². The van der Waals surface area contributed by atoms with E-state index >= 15 is 0 Å². The third-order valence-corrected chi connectivity index (χ3v) is 5.85. The van der Waals surface area contributed by atoms with E-state index in [4.69, 9.17) is 23.2 Å². The fourth-order valence-electron chi connectivity index (χ4n) is 3.61. The van der Waals surface area contributed by atoms with Gasteiger partial charge >= 0.3 is 0 Å². The van der Waals surface area contributed by atoms with Gasteiger partial charge in [0.1, 0.15) is 5.54 Å². The van der Waals surface area contributed by atoms with Crippen molar-refractivity contribution < 1.29 is 14.7 Å². The van der Waals surface area contributed by atoms with E-state index in [0.717, 1.165) is 0 Å². The minimum absolute atomic E-state index is 0.189.